The minimum absolute atomic E-state index is 0.0351. The van der Waals surface area contributed by atoms with Crippen LogP contribution in [-0.4, -0.2) is 43.6 Å². The van der Waals surface area contributed by atoms with Gasteiger partial charge in [0.2, 0.25) is 5.91 Å². The summed E-state index contributed by atoms with van der Waals surface area (Å²) in [5, 5.41) is 9.67. The molecule has 0 aliphatic rings. The first-order valence-corrected chi connectivity index (χ1v) is 5.61. The summed E-state index contributed by atoms with van der Waals surface area (Å²) in [5.74, 6) is 0.0351. The van der Waals surface area contributed by atoms with Crippen LogP contribution in [0.4, 0.5) is 5.69 Å². The van der Waals surface area contributed by atoms with Crippen LogP contribution < -0.4 is 4.90 Å². The van der Waals surface area contributed by atoms with Gasteiger partial charge in [-0.05, 0) is 13.0 Å². The molecule has 0 saturated carbocycles. The fourth-order valence-electron chi connectivity index (χ4n) is 1.62. The third kappa shape index (κ3) is 3.46. The number of anilines is 1. The highest BCUT2D eigenvalue weighted by molar-refractivity contribution is 5.81. The number of nitrogens with zero attached hydrogens (tertiary/aromatic N) is 2. The van der Waals surface area contributed by atoms with E-state index in [1.165, 1.54) is 0 Å². The monoisotopic (exact) mass is 236 g/mol. The fraction of sp³-hybridized carbons (Fsp3) is 0.462. The zero-order valence-electron chi connectivity index (χ0n) is 10.8. The van der Waals surface area contributed by atoms with E-state index in [0.717, 1.165) is 11.3 Å². The average molecular weight is 236 g/mol. The molecule has 4 nitrogen and oxygen atoms in total. The molecule has 0 radical (unpaired) electrons. The molecule has 0 aromatic heterocycles. The van der Waals surface area contributed by atoms with E-state index in [2.05, 4.69) is 0 Å². The Bertz CT molecular complexity index is 389. The van der Waals surface area contributed by atoms with Crippen LogP contribution in [0.3, 0.4) is 0 Å². The van der Waals surface area contributed by atoms with Gasteiger partial charge in [0.15, 0.2) is 0 Å². The van der Waals surface area contributed by atoms with Crippen molar-refractivity contribution in [2.24, 2.45) is 0 Å². The Labute approximate surface area is 102 Å². The number of carbonyl (C=O) groups excluding carboxylic acids is 1. The molecule has 0 bridgehead atoms. The van der Waals surface area contributed by atoms with Gasteiger partial charge in [0.1, 0.15) is 0 Å². The molecule has 1 atom stereocenters. The van der Waals surface area contributed by atoms with Crippen LogP contribution in [0.1, 0.15) is 18.6 Å². The fourth-order valence-corrected chi connectivity index (χ4v) is 1.62. The molecule has 0 saturated heterocycles. The van der Waals surface area contributed by atoms with E-state index in [-0.39, 0.29) is 5.91 Å². The number of benzene rings is 1. The standard InChI is InChI=1S/C13H20N2O2/c1-10(16)11-7-5-6-8-12(11)15(4)9-13(17)14(2)3/h5-8,10,16H,9H2,1-4H3. The molecule has 1 aromatic rings. The highest BCUT2D eigenvalue weighted by Crippen LogP contribution is 2.24. The summed E-state index contributed by atoms with van der Waals surface area (Å²) in [6.07, 6.45) is -0.539. The van der Waals surface area contributed by atoms with Crippen LogP contribution in [0, 0.1) is 0 Å². The number of likely N-dealkylation sites (N-methyl/N-ethyl adjacent to an activating group) is 2. The molecule has 17 heavy (non-hydrogen) atoms. The Morgan fingerprint density at radius 2 is 1.88 bits per heavy atom. The Kier molecular flexibility index (Phi) is 4.52. The van der Waals surface area contributed by atoms with Crippen molar-refractivity contribution in [1.82, 2.24) is 4.90 Å². The second-order valence-electron chi connectivity index (χ2n) is 4.38. The van der Waals surface area contributed by atoms with Gasteiger partial charge in [-0.3, -0.25) is 4.79 Å². The molecule has 1 rings (SSSR count). The summed E-state index contributed by atoms with van der Waals surface area (Å²) in [7, 11) is 5.32. The number of carbonyl (C=O) groups is 1. The van der Waals surface area contributed by atoms with E-state index >= 15 is 0 Å². The highest BCUT2D eigenvalue weighted by atomic mass is 16.3. The lowest BCUT2D eigenvalue weighted by Gasteiger charge is -2.24. The maximum absolute atomic E-state index is 11.6. The van der Waals surface area contributed by atoms with Crippen molar-refractivity contribution in [2.45, 2.75) is 13.0 Å². The summed E-state index contributed by atoms with van der Waals surface area (Å²) in [6, 6.07) is 7.56. The minimum Gasteiger partial charge on any atom is -0.389 e. The van der Waals surface area contributed by atoms with Crippen molar-refractivity contribution in [3.63, 3.8) is 0 Å². The van der Waals surface area contributed by atoms with Gasteiger partial charge in [-0.2, -0.15) is 0 Å². The zero-order valence-corrected chi connectivity index (χ0v) is 10.8. The maximum atomic E-state index is 11.6. The first-order chi connectivity index (χ1) is 7.93. The van der Waals surface area contributed by atoms with Gasteiger partial charge in [-0.1, -0.05) is 18.2 Å². The molecular weight excluding hydrogens is 216 g/mol. The summed E-state index contributed by atoms with van der Waals surface area (Å²) in [6.45, 7) is 2.02. The van der Waals surface area contributed by atoms with E-state index in [4.69, 9.17) is 0 Å². The number of amides is 1. The molecule has 0 spiro atoms. The predicted octanol–water partition coefficient (Wildman–Crippen LogP) is 1.26. The van der Waals surface area contributed by atoms with E-state index in [0.29, 0.717) is 6.54 Å². The van der Waals surface area contributed by atoms with Gasteiger partial charge < -0.3 is 14.9 Å². The zero-order chi connectivity index (χ0) is 13.0. The first-order valence-electron chi connectivity index (χ1n) is 5.61. The van der Waals surface area contributed by atoms with Crippen LogP contribution in [0.5, 0.6) is 0 Å². The quantitative estimate of drug-likeness (QED) is 0.856. The van der Waals surface area contributed by atoms with Crippen molar-refractivity contribution in [1.29, 1.82) is 0 Å². The third-order valence-electron chi connectivity index (χ3n) is 2.67. The van der Waals surface area contributed by atoms with Crippen LogP contribution in [0.15, 0.2) is 24.3 Å². The number of aliphatic hydroxyl groups excluding tert-OH is 1. The van der Waals surface area contributed by atoms with Crippen molar-refractivity contribution in [2.75, 3.05) is 32.6 Å². The van der Waals surface area contributed by atoms with Crippen molar-refractivity contribution in [3.05, 3.63) is 29.8 Å². The maximum Gasteiger partial charge on any atom is 0.241 e. The van der Waals surface area contributed by atoms with Gasteiger partial charge in [-0.25, -0.2) is 0 Å². The predicted molar refractivity (Wildman–Crippen MR) is 69.0 cm³/mol. The van der Waals surface area contributed by atoms with Crippen LogP contribution >= 0.6 is 0 Å². The number of rotatable bonds is 4. The van der Waals surface area contributed by atoms with E-state index < -0.39 is 6.10 Å². The molecule has 0 fully saturated rings. The number of hydrogen-bond acceptors (Lipinski definition) is 3. The van der Waals surface area contributed by atoms with E-state index in [1.54, 1.807) is 25.9 Å². The normalized spacial score (nSPS) is 12.1. The molecule has 1 unspecified atom stereocenters. The molecule has 1 N–H and O–H groups in total. The van der Waals surface area contributed by atoms with E-state index in [9.17, 15) is 9.90 Å². The van der Waals surface area contributed by atoms with Gasteiger partial charge >= 0.3 is 0 Å². The van der Waals surface area contributed by atoms with Gasteiger partial charge in [0, 0.05) is 32.4 Å². The van der Waals surface area contributed by atoms with Gasteiger partial charge in [0.25, 0.3) is 0 Å². The molecule has 0 aliphatic heterocycles. The molecule has 1 amide bonds. The van der Waals surface area contributed by atoms with Crippen LogP contribution in [0.25, 0.3) is 0 Å². The van der Waals surface area contributed by atoms with Crippen molar-refractivity contribution in [3.8, 4) is 0 Å². The van der Waals surface area contributed by atoms with Crippen LogP contribution in [-0.2, 0) is 4.79 Å². The topological polar surface area (TPSA) is 43.8 Å². The summed E-state index contributed by atoms with van der Waals surface area (Å²) in [5.41, 5.74) is 1.72. The summed E-state index contributed by atoms with van der Waals surface area (Å²) < 4.78 is 0. The number of para-hydroxylation sites is 1. The number of aliphatic hydroxyl groups is 1. The molecular formula is C13H20N2O2. The average Bonchev–Trinajstić information content (AvgIpc) is 2.28. The second kappa shape index (κ2) is 5.68. The number of hydrogen-bond donors (Lipinski definition) is 1. The second-order valence-corrected chi connectivity index (χ2v) is 4.38. The Balaban J connectivity index is 2.88. The summed E-state index contributed by atoms with van der Waals surface area (Å²) in [4.78, 5) is 15.0. The molecule has 0 heterocycles. The smallest absolute Gasteiger partial charge is 0.241 e. The van der Waals surface area contributed by atoms with Crippen molar-refractivity contribution >= 4 is 11.6 Å². The SMILES string of the molecule is CC(O)c1ccccc1N(C)CC(=O)N(C)C. The lowest BCUT2D eigenvalue weighted by Crippen LogP contribution is -2.34. The summed E-state index contributed by atoms with van der Waals surface area (Å²) >= 11 is 0. The lowest BCUT2D eigenvalue weighted by molar-refractivity contribution is -0.127. The third-order valence-corrected chi connectivity index (χ3v) is 2.67. The lowest BCUT2D eigenvalue weighted by atomic mass is 10.1. The van der Waals surface area contributed by atoms with Gasteiger partial charge in [0.05, 0.1) is 12.6 Å². The Morgan fingerprint density at radius 3 is 2.41 bits per heavy atom. The molecule has 0 aliphatic carbocycles. The highest BCUT2D eigenvalue weighted by Gasteiger charge is 2.14. The minimum atomic E-state index is -0.539. The largest absolute Gasteiger partial charge is 0.389 e. The first kappa shape index (κ1) is 13.5. The van der Waals surface area contributed by atoms with Crippen LogP contribution in [0.2, 0.25) is 0 Å². The Hall–Kier alpha value is -1.55. The Morgan fingerprint density at radius 1 is 1.29 bits per heavy atom. The molecule has 94 valence electrons. The van der Waals surface area contributed by atoms with E-state index in [1.807, 2.05) is 36.2 Å². The van der Waals surface area contributed by atoms with Gasteiger partial charge in [-0.15, -0.1) is 0 Å². The molecule has 1 aromatic carbocycles. The molecule has 4 heteroatoms. The van der Waals surface area contributed by atoms with Crippen molar-refractivity contribution < 1.29 is 9.90 Å².